The molecule has 0 unspecified atom stereocenters. The minimum absolute atomic E-state index is 0.143. The summed E-state index contributed by atoms with van der Waals surface area (Å²) in [4.78, 5) is 13.6. The van der Waals surface area contributed by atoms with E-state index in [2.05, 4.69) is 19.9 Å². The monoisotopic (exact) mass is 272 g/mol. The summed E-state index contributed by atoms with van der Waals surface area (Å²) in [5, 5.41) is 18.0. The summed E-state index contributed by atoms with van der Waals surface area (Å²) in [6.45, 7) is -0.311. The van der Waals surface area contributed by atoms with Crippen LogP contribution in [0.5, 0.6) is 0 Å². The van der Waals surface area contributed by atoms with E-state index >= 15 is 0 Å². The number of aliphatic hydroxyl groups is 2. The highest BCUT2D eigenvalue weighted by Gasteiger charge is 2.09. The molecule has 3 rings (SSSR count). The Kier molecular flexibility index (Phi) is 5.05. The van der Waals surface area contributed by atoms with Gasteiger partial charge in [-0.1, -0.05) is 30.3 Å². The average molecular weight is 272 g/mol. The summed E-state index contributed by atoms with van der Waals surface area (Å²) >= 11 is 0. The Morgan fingerprint density at radius 3 is 2.30 bits per heavy atom. The lowest BCUT2D eigenvalue weighted by molar-refractivity contribution is 0.255. The third-order valence-electron chi connectivity index (χ3n) is 2.63. The molecule has 2 aromatic heterocycles. The molecule has 3 aromatic rings. The second kappa shape index (κ2) is 7.22. The van der Waals surface area contributed by atoms with Crippen LogP contribution in [0.15, 0.2) is 49.1 Å². The number of hydrogen-bond donors (Lipinski definition) is 4. The van der Waals surface area contributed by atoms with Crippen LogP contribution in [0.4, 0.5) is 0 Å². The van der Waals surface area contributed by atoms with Gasteiger partial charge in [0, 0.05) is 18.0 Å². The minimum atomic E-state index is -0.167. The highest BCUT2D eigenvalue weighted by molar-refractivity contribution is 5.55. The molecule has 2 heterocycles. The van der Waals surface area contributed by atoms with E-state index in [1.807, 2.05) is 30.3 Å². The Morgan fingerprint density at radius 1 is 1.05 bits per heavy atom. The van der Waals surface area contributed by atoms with E-state index in [4.69, 9.17) is 10.2 Å². The molecule has 0 radical (unpaired) electrons. The zero-order valence-electron chi connectivity index (χ0n) is 10.8. The standard InChI is InChI=1S/C11H12N2O2.C3H4N2/c14-6-9-10(7-15)13-11(12-9)8-4-2-1-3-5-8;1-2-5-3-4-1/h1-5,14-15H,6-7H2,(H,12,13);1-3H,(H,4,5). The molecule has 6 nitrogen and oxygen atoms in total. The number of aromatic nitrogens is 4. The molecule has 0 fully saturated rings. The van der Waals surface area contributed by atoms with E-state index in [9.17, 15) is 0 Å². The number of benzene rings is 1. The van der Waals surface area contributed by atoms with Crippen molar-refractivity contribution in [2.45, 2.75) is 13.2 Å². The van der Waals surface area contributed by atoms with Crippen molar-refractivity contribution < 1.29 is 10.2 Å². The van der Waals surface area contributed by atoms with E-state index in [-0.39, 0.29) is 13.2 Å². The van der Waals surface area contributed by atoms with Gasteiger partial charge in [-0.2, -0.15) is 0 Å². The van der Waals surface area contributed by atoms with Gasteiger partial charge in [0.2, 0.25) is 0 Å². The number of imidazole rings is 2. The molecule has 1 aromatic carbocycles. The van der Waals surface area contributed by atoms with Crippen LogP contribution in [0.25, 0.3) is 11.4 Å². The Balaban J connectivity index is 0.000000247. The SMILES string of the molecule is OCc1nc(-c2ccccc2)[nH]c1CO.c1c[nH]cn1. The molecule has 0 saturated heterocycles. The molecule has 0 atom stereocenters. The number of nitrogens with zero attached hydrogens (tertiary/aromatic N) is 2. The normalized spacial score (nSPS) is 9.90. The topological polar surface area (TPSA) is 97.8 Å². The highest BCUT2D eigenvalue weighted by Crippen LogP contribution is 2.17. The van der Waals surface area contributed by atoms with Gasteiger partial charge in [-0.3, -0.25) is 0 Å². The minimum Gasteiger partial charge on any atom is -0.390 e. The maximum absolute atomic E-state index is 9.03. The summed E-state index contributed by atoms with van der Waals surface area (Å²) in [7, 11) is 0. The van der Waals surface area contributed by atoms with E-state index in [0.717, 1.165) is 5.56 Å². The van der Waals surface area contributed by atoms with Crippen LogP contribution in [-0.2, 0) is 13.2 Å². The van der Waals surface area contributed by atoms with E-state index in [1.165, 1.54) is 0 Å². The zero-order valence-corrected chi connectivity index (χ0v) is 10.8. The maximum Gasteiger partial charge on any atom is 0.137 e. The number of H-pyrrole nitrogens is 2. The zero-order chi connectivity index (χ0) is 14.2. The van der Waals surface area contributed by atoms with Crippen molar-refractivity contribution in [3.8, 4) is 11.4 Å². The number of hydrogen-bond acceptors (Lipinski definition) is 4. The van der Waals surface area contributed by atoms with Crippen LogP contribution in [0.3, 0.4) is 0 Å². The van der Waals surface area contributed by atoms with Crippen LogP contribution >= 0.6 is 0 Å². The van der Waals surface area contributed by atoms with Gasteiger partial charge in [0.15, 0.2) is 0 Å². The number of aromatic amines is 2. The van der Waals surface area contributed by atoms with Gasteiger partial charge in [-0.05, 0) is 0 Å². The van der Waals surface area contributed by atoms with Gasteiger partial charge in [0.05, 0.1) is 30.9 Å². The molecule has 0 saturated carbocycles. The molecule has 0 aliphatic carbocycles. The Bertz CT molecular complexity index is 567. The molecular weight excluding hydrogens is 256 g/mol. The van der Waals surface area contributed by atoms with Crippen LogP contribution < -0.4 is 0 Å². The molecule has 0 bridgehead atoms. The Morgan fingerprint density at radius 2 is 1.85 bits per heavy atom. The molecule has 0 spiro atoms. The molecule has 0 aliphatic heterocycles. The van der Waals surface area contributed by atoms with E-state index in [1.54, 1.807) is 18.7 Å². The second-order valence-electron chi connectivity index (χ2n) is 3.95. The van der Waals surface area contributed by atoms with Crippen molar-refractivity contribution in [1.82, 2.24) is 19.9 Å². The molecule has 4 N–H and O–H groups in total. The highest BCUT2D eigenvalue weighted by atomic mass is 16.3. The number of aliphatic hydroxyl groups excluding tert-OH is 2. The van der Waals surface area contributed by atoms with Crippen molar-refractivity contribution in [3.05, 3.63) is 60.4 Å². The lowest BCUT2D eigenvalue weighted by atomic mass is 10.2. The van der Waals surface area contributed by atoms with E-state index < -0.39 is 0 Å². The van der Waals surface area contributed by atoms with Crippen molar-refractivity contribution in [1.29, 1.82) is 0 Å². The molecular formula is C14H16N4O2. The first kappa shape index (κ1) is 14.0. The van der Waals surface area contributed by atoms with E-state index in [0.29, 0.717) is 17.2 Å². The van der Waals surface area contributed by atoms with Crippen molar-refractivity contribution in [2.75, 3.05) is 0 Å². The fraction of sp³-hybridized carbons (Fsp3) is 0.143. The van der Waals surface area contributed by atoms with Gasteiger partial charge in [0.1, 0.15) is 5.82 Å². The predicted molar refractivity (Wildman–Crippen MR) is 74.5 cm³/mol. The second-order valence-corrected chi connectivity index (χ2v) is 3.95. The Hall–Kier alpha value is -2.44. The van der Waals surface area contributed by atoms with Crippen molar-refractivity contribution in [3.63, 3.8) is 0 Å². The van der Waals surface area contributed by atoms with Gasteiger partial charge in [-0.25, -0.2) is 9.97 Å². The number of rotatable bonds is 3. The fourth-order valence-corrected chi connectivity index (χ4v) is 1.65. The predicted octanol–water partition coefficient (Wildman–Crippen LogP) is 1.47. The maximum atomic E-state index is 9.03. The summed E-state index contributed by atoms with van der Waals surface area (Å²) < 4.78 is 0. The van der Waals surface area contributed by atoms with Crippen molar-refractivity contribution in [2.24, 2.45) is 0 Å². The van der Waals surface area contributed by atoms with Crippen LogP contribution in [0.1, 0.15) is 11.4 Å². The first-order chi connectivity index (χ1) is 9.85. The van der Waals surface area contributed by atoms with Crippen LogP contribution in [0.2, 0.25) is 0 Å². The lowest BCUT2D eigenvalue weighted by Crippen LogP contribution is -1.91. The molecule has 6 heteroatoms. The summed E-state index contributed by atoms with van der Waals surface area (Å²) in [6, 6.07) is 9.58. The molecule has 0 aliphatic rings. The summed E-state index contributed by atoms with van der Waals surface area (Å²) in [5.74, 6) is 0.670. The Labute approximate surface area is 116 Å². The van der Waals surface area contributed by atoms with Gasteiger partial charge in [0.25, 0.3) is 0 Å². The summed E-state index contributed by atoms with van der Waals surface area (Å²) in [5.41, 5.74) is 2.00. The third kappa shape index (κ3) is 3.53. The smallest absolute Gasteiger partial charge is 0.137 e. The number of nitrogens with one attached hydrogen (secondary N) is 2. The molecule has 104 valence electrons. The molecule has 20 heavy (non-hydrogen) atoms. The third-order valence-corrected chi connectivity index (χ3v) is 2.63. The van der Waals surface area contributed by atoms with Crippen LogP contribution in [0, 0.1) is 0 Å². The van der Waals surface area contributed by atoms with Gasteiger partial charge in [-0.15, -0.1) is 0 Å². The first-order valence-corrected chi connectivity index (χ1v) is 6.12. The molecule has 0 amide bonds. The lowest BCUT2D eigenvalue weighted by Gasteiger charge is -1.94. The van der Waals surface area contributed by atoms with Crippen LogP contribution in [-0.4, -0.2) is 30.1 Å². The van der Waals surface area contributed by atoms with Gasteiger partial charge < -0.3 is 20.2 Å². The van der Waals surface area contributed by atoms with Crippen molar-refractivity contribution >= 4 is 0 Å². The largest absolute Gasteiger partial charge is 0.390 e. The quantitative estimate of drug-likeness (QED) is 0.580. The average Bonchev–Trinajstić information content (AvgIpc) is 3.20. The van der Waals surface area contributed by atoms with Gasteiger partial charge >= 0.3 is 0 Å². The fourth-order valence-electron chi connectivity index (χ4n) is 1.65. The summed E-state index contributed by atoms with van der Waals surface area (Å²) in [6.07, 6.45) is 5.08. The first-order valence-electron chi connectivity index (χ1n) is 6.12.